The van der Waals surface area contributed by atoms with E-state index < -0.39 is 0 Å². The molecule has 0 radical (unpaired) electrons. The van der Waals surface area contributed by atoms with Gasteiger partial charge in [-0.2, -0.15) is 0 Å². The fourth-order valence-corrected chi connectivity index (χ4v) is 3.18. The van der Waals surface area contributed by atoms with Gasteiger partial charge in [-0.1, -0.05) is 20.3 Å². The molecule has 0 spiro atoms. The summed E-state index contributed by atoms with van der Waals surface area (Å²) in [4.78, 5) is 4.33. The van der Waals surface area contributed by atoms with Crippen molar-refractivity contribution in [2.75, 3.05) is 13.2 Å². The van der Waals surface area contributed by atoms with Crippen LogP contribution in [0.3, 0.4) is 0 Å². The highest BCUT2D eigenvalue weighted by Crippen LogP contribution is 2.39. The maximum absolute atomic E-state index is 5.57. The van der Waals surface area contributed by atoms with E-state index in [-0.39, 0.29) is 0 Å². The zero-order chi connectivity index (χ0) is 13.7. The predicted octanol–water partition coefficient (Wildman–Crippen LogP) is 3.57. The average molecular weight is 262 g/mol. The van der Waals surface area contributed by atoms with Gasteiger partial charge in [-0.05, 0) is 49.8 Å². The molecule has 106 valence electrons. The summed E-state index contributed by atoms with van der Waals surface area (Å²) in [5, 5.41) is 3.64. The van der Waals surface area contributed by atoms with Gasteiger partial charge in [-0.25, -0.2) is 0 Å². The molecule has 0 aromatic carbocycles. The normalized spacial score (nSPS) is 24.4. The molecule has 1 saturated carbocycles. The lowest BCUT2D eigenvalue weighted by atomic mass is 9.91. The molecule has 3 unspecified atom stereocenters. The second-order valence-electron chi connectivity index (χ2n) is 5.60. The molecule has 0 bridgehead atoms. The van der Waals surface area contributed by atoms with Crippen LogP contribution < -0.4 is 10.1 Å². The topological polar surface area (TPSA) is 34.2 Å². The number of nitrogens with one attached hydrogen (secondary N) is 1. The Morgan fingerprint density at radius 1 is 1.37 bits per heavy atom. The van der Waals surface area contributed by atoms with Crippen LogP contribution in [0.25, 0.3) is 0 Å². The molecular formula is C16H26N2O. The Hall–Kier alpha value is -1.09. The molecule has 1 aliphatic rings. The van der Waals surface area contributed by atoms with E-state index in [4.69, 9.17) is 4.74 Å². The van der Waals surface area contributed by atoms with Gasteiger partial charge in [0, 0.05) is 12.2 Å². The first kappa shape index (κ1) is 14.3. The average Bonchev–Trinajstić information content (AvgIpc) is 2.83. The second kappa shape index (κ2) is 6.90. The molecule has 1 aromatic rings. The Balaban J connectivity index is 2.15. The van der Waals surface area contributed by atoms with E-state index in [9.17, 15) is 0 Å². The molecule has 3 heteroatoms. The summed E-state index contributed by atoms with van der Waals surface area (Å²) in [6.07, 6.45) is 7.77. The number of aromatic nitrogens is 1. The summed E-state index contributed by atoms with van der Waals surface area (Å²) < 4.78 is 5.57. The zero-order valence-electron chi connectivity index (χ0n) is 12.4. The van der Waals surface area contributed by atoms with Gasteiger partial charge in [0.05, 0.1) is 12.8 Å². The maximum atomic E-state index is 5.57. The number of nitrogens with zero attached hydrogens (tertiary/aromatic N) is 1. The summed E-state index contributed by atoms with van der Waals surface area (Å²) in [5.74, 6) is 2.47. The maximum Gasteiger partial charge on any atom is 0.137 e. The van der Waals surface area contributed by atoms with Crippen LogP contribution in [0.2, 0.25) is 0 Å². The first-order valence-electron chi connectivity index (χ1n) is 7.55. The van der Waals surface area contributed by atoms with Crippen LogP contribution in [-0.4, -0.2) is 18.1 Å². The zero-order valence-corrected chi connectivity index (χ0v) is 12.4. The Labute approximate surface area is 116 Å². The van der Waals surface area contributed by atoms with Gasteiger partial charge in [0.2, 0.25) is 0 Å². The van der Waals surface area contributed by atoms with Gasteiger partial charge in [-0.3, -0.25) is 4.98 Å². The summed E-state index contributed by atoms with van der Waals surface area (Å²) in [7, 11) is 0. The van der Waals surface area contributed by atoms with Crippen molar-refractivity contribution in [3.8, 4) is 5.75 Å². The number of hydrogen-bond acceptors (Lipinski definition) is 3. The van der Waals surface area contributed by atoms with Gasteiger partial charge >= 0.3 is 0 Å². The minimum absolute atomic E-state index is 0.419. The van der Waals surface area contributed by atoms with Crippen LogP contribution in [0.4, 0.5) is 0 Å². The molecule has 1 aromatic heterocycles. The van der Waals surface area contributed by atoms with Crippen molar-refractivity contribution in [3.05, 3.63) is 24.0 Å². The van der Waals surface area contributed by atoms with Crippen molar-refractivity contribution in [2.24, 2.45) is 11.8 Å². The van der Waals surface area contributed by atoms with Crippen LogP contribution in [0.1, 0.15) is 51.6 Å². The highest BCUT2D eigenvalue weighted by molar-refractivity contribution is 5.26. The van der Waals surface area contributed by atoms with E-state index in [0.717, 1.165) is 24.1 Å². The summed E-state index contributed by atoms with van der Waals surface area (Å²) >= 11 is 0. The van der Waals surface area contributed by atoms with E-state index >= 15 is 0 Å². The molecule has 1 aliphatic carbocycles. The van der Waals surface area contributed by atoms with Crippen molar-refractivity contribution in [2.45, 2.75) is 46.1 Å². The van der Waals surface area contributed by atoms with Gasteiger partial charge in [-0.15, -0.1) is 0 Å². The number of rotatable bonds is 6. The monoisotopic (exact) mass is 262 g/mol. The summed E-state index contributed by atoms with van der Waals surface area (Å²) in [6.45, 7) is 8.22. The SMILES string of the molecule is CCNC(c1cncc(OCC)c1)C1CCC(C)C1. The van der Waals surface area contributed by atoms with Crippen LogP contribution in [-0.2, 0) is 0 Å². The van der Waals surface area contributed by atoms with E-state index in [1.165, 1.54) is 24.8 Å². The van der Waals surface area contributed by atoms with Crippen LogP contribution >= 0.6 is 0 Å². The molecule has 0 saturated heterocycles. The lowest BCUT2D eigenvalue weighted by Gasteiger charge is -2.25. The van der Waals surface area contributed by atoms with E-state index in [0.29, 0.717) is 12.6 Å². The van der Waals surface area contributed by atoms with Crippen molar-refractivity contribution < 1.29 is 4.74 Å². The second-order valence-corrected chi connectivity index (χ2v) is 5.60. The first-order chi connectivity index (χ1) is 9.24. The third kappa shape index (κ3) is 3.69. The third-order valence-corrected chi connectivity index (χ3v) is 4.04. The molecule has 2 rings (SSSR count). The minimum Gasteiger partial charge on any atom is -0.492 e. The lowest BCUT2D eigenvalue weighted by Crippen LogP contribution is -2.27. The molecule has 3 atom stereocenters. The minimum atomic E-state index is 0.419. The molecule has 1 heterocycles. The first-order valence-corrected chi connectivity index (χ1v) is 7.55. The molecule has 19 heavy (non-hydrogen) atoms. The van der Waals surface area contributed by atoms with Crippen molar-refractivity contribution >= 4 is 0 Å². The molecule has 0 aliphatic heterocycles. The smallest absolute Gasteiger partial charge is 0.137 e. The molecule has 1 N–H and O–H groups in total. The standard InChI is InChI=1S/C16H26N2O/c1-4-18-16(13-7-6-12(3)8-13)14-9-15(19-5-2)11-17-10-14/h9-13,16,18H,4-8H2,1-3H3. The van der Waals surface area contributed by atoms with Crippen molar-refractivity contribution in [3.63, 3.8) is 0 Å². The van der Waals surface area contributed by atoms with Crippen LogP contribution in [0.5, 0.6) is 5.75 Å². The lowest BCUT2D eigenvalue weighted by molar-refractivity contribution is 0.333. The van der Waals surface area contributed by atoms with Crippen molar-refractivity contribution in [1.29, 1.82) is 0 Å². The van der Waals surface area contributed by atoms with Crippen LogP contribution in [0, 0.1) is 11.8 Å². The largest absolute Gasteiger partial charge is 0.492 e. The summed E-state index contributed by atoms with van der Waals surface area (Å²) in [5.41, 5.74) is 1.27. The quantitative estimate of drug-likeness (QED) is 0.851. The Bertz CT molecular complexity index is 394. The van der Waals surface area contributed by atoms with Gasteiger partial charge in [0.25, 0.3) is 0 Å². The Morgan fingerprint density at radius 2 is 2.21 bits per heavy atom. The van der Waals surface area contributed by atoms with Gasteiger partial charge < -0.3 is 10.1 Å². The highest BCUT2D eigenvalue weighted by atomic mass is 16.5. The molecule has 0 amide bonds. The number of hydrogen-bond donors (Lipinski definition) is 1. The van der Waals surface area contributed by atoms with Gasteiger partial charge in [0.1, 0.15) is 5.75 Å². The fourth-order valence-electron chi connectivity index (χ4n) is 3.18. The van der Waals surface area contributed by atoms with E-state index in [2.05, 4.69) is 30.2 Å². The van der Waals surface area contributed by atoms with Crippen molar-refractivity contribution in [1.82, 2.24) is 10.3 Å². The predicted molar refractivity (Wildman–Crippen MR) is 78.3 cm³/mol. The molecule has 3 nitrogen and oxygen atoms in total. The third-order valence-electron chi connectivity index (χ3n) is 4.04. The van der Waals surface area contributed by atoms with E-state index in [1.807, 2.05) is 13.1 Å². The van der Waals surface area contributed by atoms with Gasteiger partial charge in [0.15, 0.2) is 0 Å². The number of ether oxygens (including phenoxy) is 1. The molecule has 1 fully saturated rings. The highest BCUT2D eigenvalue weighted by Gasteiger charge is 2.29. The van der Waals surface area contributed by atoms with E-state index in [1.54, 1.807) is 6.20 Å². The fraction of sp³-hybridized carbons (Fsp3) is 0.688. The number of pyridine rings is 1. The Morgan fingerprint density at radius 3 is 2.84 bits per heavy atom. The Kier molecular flexibility index (Phi) is 5.20. The van der Waals surface area contributed by atoms with Crippen LogP contribution in [0.15, 0.2) is 18.5 Å². The summed E-state index contributed by atoms with van der Waals surface area (Å²) in [6, 6.07) is 2.56. The molecular weight excluding hydrogens is 236 g/mol.